The maximum atomic E-state index is 14.1. The molecule has 0 saturated heterocycles. The van der Waals surface area contributed by atoms with Crippen molar-refractivity contribution in [3.63, 3.8) is 0 Å². The minimum Gasteiger partial charge on any atom is -0.497 e. The maximum absolute atomic E-state index is 14.1. The molecule has 0 fully saturated rings. The first-order chi connectivity index (χ1) is 14.5. The summed E-state index contributed by atoms with van der Waals surface area (Å²) in [6, 6.07) is 13.1. The Bertz CT molecular complexity index is 1060. The van der Waals surface area contributed by atoms with E-state index >= 15 is 0 Å². The lowest BCUT2D eigenvalue weighted by molar-refractivity contribution is -0.142. The Kier molecular flexibility index (Phi) is 6.84. The van der Waals surface area contributed by atoms with Gasteiger partial charge >= 0.3 is 5.97 Å². The predicted molar refractivity (Wildman–Crippen MR) is 113 cm³/mol. The number of methoxy groups -OCH3 is 2. The van der Waals surface area contributed by atoms with E-state index in [9.17, 15) is 14.0 Å². The van der Waals surface area contributed by atoms with E-state index in [2.05, 4.69) is 0 Å². The van der Waals surface area contributed by atoms with E-state index in [4.69, 9.17) is 14.2 Å². The molecule has 0 aliphatic heterocycles. The van der Waals surface area contributed by atoms with Gasteiger partial charge in [0, 0.05) is 10.4 Å². The molecule has 30 heavy (non-hydrogen) atoms. The van der Waals surface area contributed by atoms with E-state index in [-0.39, 0.29) is 36.1 Å². The molecule has 0 aliphatic rings. The van der Waals surface area contributed by atoms with Crippen LogP contribution in [-0.4, -0.2) is 32.6 Å². The summed E-state index contributed by atoms with van der Waals surface area (Å²) in [5.41, 5.74) is 1.74. The van der Waals surface area contributed by atoms with Crippen molar-refractivity contribution in [1.29, 1.82) is 0 Å². The van der Waals surface area contributed by atoms with Crippen LogP contribution in [0, 0.1) is 5.82 Å². The van der Waals surface area contributed by atoms with E-state index < -0.39 is 5.82 Å². The molecule has 0 spiro atoms. The van der Waals surface area contributed by atoms with Gasteiger partial charge in [0.1, 0.15) is 5.75 Å². The Hall–Kier alpha value is -3.19. The minimum atomic E-state index is -0.609. The number of thiophene rings is 1. The SMILES string of the molecule is CCOC(=O)Cc1cc(C(=O)c2ccc(OC)c(F)c2)sc1-c1ccc(OC)cc1. The second kappa shape index (κ2) is 9.54. The fraction of sp³-hybridized carbons (Fsp3) is 0.217. The number of carbonyl (C=O) groups excluding carboxylic acids is 2. The van der Waals surface area contributed by atoms with Crippen LogP contribution in [0.5, 0.6) is 11.5 Å². The number of hydrogen-bond acceptors (Lipinski definition) is 6. The Balaban J connectivity index is 2.00. The fourth-order valence-electron chi connectivity index (χ4n) is 2.98. The van der Waals surface area contributed by atoms with Crippen molar-refractivity contribution < 1.29 is 28.2 Å². The van der Waals surface area contributed by atoms with Gasteiger partial charge in [-0.2, -0.15) is 0 Å². The van der Waals surface area contributed by atoms with Gasteiger partial charge < -0.3 is 14.2 Å². The highest BCUT2D eigenvalue weighted by atomic mass is 32.1. The van der Waals surface area contributed by atoms with Crippen LogP contribution in [0.2, 0.25) is 0 Å². The molecule has 156 valence electrons. The molecule has 0 unspecified atom stereocenters. The molecule has 1 heterocycles. The second-order valence-corrected chi connectivity index (χ2v) is 7.41. The van der Waals surface area contributed by atoms with E-state index in [1.54, 1.807) is 20.1 Å². The van der Waals surface area contributed by atoms with Crippen molar-refractivity contribution in [2.75, 3.05) is 20.8 Å². The van der Waals surface area contributed by atoms with Gasteiger partial charge in [-0.15, -0.1) is 11.3 Å². The summed E-state index contributed by atoms with van der Waals surface area (Å²) in [5, 5.41) is 0. The van der Waals surface area contributed by atoms with Gasteiger partial charge in [-0.25, -0.2) is 4.39 Å². The average molecular weight is 428 g/mol. The van der Waals surface area contributed by atoms with Crippen molar-refractivity contribution in [3.05, 3.63) is 70.4 Å². The number of rotatable bonds is 8. The van der Waals surface area contributed by atoms with Crippen LogP contribution >= 0.6 is 11.3 Å². The molecule has 0 N–H and O–H groups in total. The zero-order valence-electron chi connectivity index (χ0n) is 16.9. The lowest BCUT2D eigenvalue weighted by atomic mass is 10.0. The molecule has 7 heteroatoms. The smallest absolute Gasteiger partial charge is 0.310 e. The van der Waals surface area contributed by atoms with Crippen LogP contribution in [0.1, 0.15) is 27.7 Å². The highest BCUT2D eigenvalue weighted by molar-refractivity contribution is 7.17. The number of esters is 1. The molecular weight excluding hydrogens is 407 g/mol. The molecule has 2 aromatic carbocycles. The largest absolute Gasteiger partial charge is 0.497 e. The van der Waals surface area contributed by atoms with Crippen molar-refractivity contribution in [3.8, 4) is 21.9 Å². The van der Waals surface area contributed by atoms with Crippen LogP contribution in [0.15, 0.2) is 48.5 Å². The van der Waals surface area contributed by atoms with Crippen LogP contribution in [0.25, 0.3) is 10.4 Å². The number of ether oxygens (including phenoxy) is 3. The van der Waals surface area contributed by atoms with E-state index in [1.165, 1.54) is 30.6 Å². The highest BCUT2D eigenvalue weighted by Crippen LogP contribution is 2.35. The molecule has 0 radical (unpaired) electrons. The Labute approximate surface area is 178 Å². The van der Waals surface area contributed by atoms with Gasteiger partial charge in [0.2, 0.25) is 5.78 Å². The quantitative estimate of drug-likeness (QED) is 0.377. The molecular formula is C23H21FO5S. The summed E-state index contributed by atoms with van der Waals surface area (Å²) in [4.78, 5) is 26.2. The summed E-state index contributed by atoms with van der Waals surface area (Å²) in [6.07, 6.45) is 0.0377. The Morgan fingerprint density at radius 1 is 1.00 bits per heavy atom. The lowest BCUT2D eigenvalue weighted by Crippen LogP contribution is -2.07. The third kappa shape index (κ3) is 4.68. The van der Waals surface area contributed by atoms with E-state index in [0.29, 0.717) is 16.2 Å². The third-order valence-electron chi connectivity index (χ3n) is 4.44. The van der Waals surface area contributed by atoms with Crippen molar-refractivity contribution in [2.45, 2.75) is 13.3 Å². The third-order valence-corrected chi connectivity index (χ3v) is 5.66. The molecule has 0 atom stereocenters. The number of halogens is 1. The molecule has 0 saturated carbocycles. The van der Waals surface area contributed by atoms with E-state index in [1.807, 2.05) is 24.3 Å². The lowest BCUT2D eigenvalue weighted by Gasteiger charge is -2.05. The average Bonchev–Trinajstić information content (AvgIpc) is 3.16. The first-order valence-corrected chi connectivity index (χ1v) is 10.1. The molecule has 1 aromatic heterocycles. The summed E-state index contributed by atoms with van der Waals surface area (Å²) >= 11 is 1.25. The van der Waals surface area contributed by atoms with Crippen LogP contribution < -0.4 is 9.47 Å². The van der Waals surface area contributed by atoms with E-state index in [0.717, 1.165) is 16.5 Å². The molecule has 0 aliphatic carbocycles. The molecule has 0 amide bonds. The van der Waals surface area contributed by atoms with Crippen LogP contribution in [0.3, 0.4) is 0 Å². The fourth-order valence-corrected chi connectivity index (χ4v) is 4.12. The Morgan fingerprint density at radius 3 is 2.33 bits per heavy atom. The van der Waals surface area contributed by atoms with Crippen molar-refractivity contribution in [1.82, 2.24) is 0 Å². The van der Waals surface area contributed by atoms with Crippen LogP contribution in [0.4, 0.5) is 4.39 Å². The van der Waals surface area contributed by atoms with Gasteiger partial charge in [-0.05, 0) is 66.6 Å². The van der Waals surface area contributed by atoms with Gasteiger partial charge in [-0.1, -0.05) is 0 Å². The molecule has 3 rings (SSSR count). The molecule has 5 nitrogen and oxygen atoms in total. The monoisotopic (exact) mass is 428 g/mol. The number of carbonyl (C=O) groups is 2. The van der Waals surface area contributed by atoms with Gasteiger partial charge in [0.15, 0.2) is 11.6 Å². The zero-order chi connectivity index (χ0) is 21.7. The molecule has 0 bridgehead atoms. The van der Waals surface area contributed by atoms with Gasteiger partial charge in [0.05, 0.1) is 32.1 Å². The first-order valence-electron chi connectivity index (χ1n) is 9.27. The summed E-state index contributed by atoms with van der Waals surface area (Å²) in [6.45, 7) is 2.01. The number of ketones is 1. The number of hydrogen-bond donors (Lipinski definition) is 0. The highest BCUT2D eigenvalue weighted by Gasteiger charge is 2.20. The molecule has 3 aromatic rings. The maximum Gasteiger partial charge on any atom is 0.310 e. The summed E-state index contributed by atoms with van der Waals surface area (Å²) < 4.78 is 29.2. The van der Waals surface area contributed by atoms with Crippen molar-refractivity contribution in [2.24, 2.45) is 0 Å². The normalized spacial score (nSPS) is 10.5. The predicted octanol–water partition coefficient (Wildman–Crippen LogP) is 4.91. The first kappa shape index (κ1) is 21.5. The van der Waals surface area contributed by atoms with Gasteiger partial charge in [-0.3, -0.25) is 9.59 Å². The number of benzene rings is 2. The minimum absolute atomic E-state index is 0.0377. The Morgan fingerprint density at radius 2 is 1.73 bits per heavy atom. The summed E-state index contributed by atoms with van der Waals surface area (Å²) in [7, 11) is 2.94. The second-order valence-electron chi connectivity index (χ2n) is 6.35. The van der Waals surface area contributed by atoms with Gasteiger partial charge in [0.25, 0.3) is 0 Å². The summed E-state index contributed by atoms with van der Waals surface area (Å²) in [5.74, 6) is -0.542. The van der Waals surface area contributed by atoms with Crippen LogP contribution in [-0.2, 0) is 16.0 Å². The topological polar surface area (TPSA) is 61.8 Å². The standard InChI is InChI=1S/C23H21FO5S/c1-4-29-21(25)13-16-12-20(22(26)15-7-10-19(28-3)18(24)11-15)30-23(16)14-5-8-17(27-2)9-6-14/h5-12H,4,13H2,1-3H3. The zero-order valence-corrected chi connectivity index (χ0v) is 17.7. The van der Waals surface area contributed by atoms with Crippen molar-refractivity contribution >= 4 is 23.1 Å².